The monoisotopic (exact) mass is 413 g/mol. The normalized spacial score (nSPS) is 17.4. The molecule has 0 aliphatic carbocycles. The largest absolute Gasteiger partial charge is 0.493 e. The zero-order valence-corrected chi connectivity index (χ0v) is 17.0. The van der Waals surface area contributed by atoms with E-state index < -0.39 is 9.84 Å². The molecular formula is C21H23N3O4S. The lowest BCUT2D eigenvalue weighted by Crippen LogP contribution is -2.41. The third kappa shape index (κ3) is 4.12. The van der Waals surface area contributed by atoms with Crippen LogP contribution in [0.15, 0.2) is 59.9 Å². The Morgan fingerprint density at radius 3 is 2.69 bits per heavy atom. The Labute approximate surface area is 169 Å². The van der Waals surface area contributed by atoms with Crippen LogP contribution >= 0.6 is 0 Å². The summed E-state index contributed by atoms with van der Waals surface area (Å²) in [4.78, 5) is 19.1. The second-order valence-corrected chi connectivity index (χ2v) is 9.26. The minimum Gasteiger partial charge on any atom is -0.493 e. The van der Waals surface area contributed by atoms with Crippen LogP contribution in [0.25, 0.3) is 5.52 Å². The number of pyridine rings is 1. The number of benzene rings is 1. The second-order valence-electron chi connectivity index (χ2n) is 7.35. The molecule has 4 rings (SSSR count). The highest BCUT2D eigenvalue weighted by Crippen LogP contribution is 2.23. The molecule has 1 aliphatic heterocycles. The van der Waals surface area contributed by atoms with E-state index in [0.29, 0.717) is 25.2 Å². The van der Waals surface area contributed by atoms with Crippen molar-refractivity contribution in [1.29, 1.82) is 0 Å². The van der Waals surface area contributed by atoms with E-state index in [2.05, 4.69) is 4.98 Å². The van der Waals surface area contributed by atoms with Crippen LogP contribution in [-0.4, -0.2) is 54.6 Å². The van der Waals surface area contributed by atoms with Gasteiger partial charge in [-0.15, -0.1) is 0 Å². The van der Waals surface area contributed by atoms with Crippen molar-refractivity contribution in [2.24, 2.45) is 5.92 Å². The molecule has 1 amide bonds. The van der Waals surface area contributed by atoms with Crippen molar-refractivity contribution in [2.45, 2.75) is 18.0 Å². The lowest BCUT2D eigenvalue weighted by atomic mass is 9.98. The molecule has 1 aliphatic rings. The molecule has 1 atom stereocenters. The van der Waals surface area contributed by atoms with Crippen molar-refractivity contribution in [3.05, 3.63) is 60.4 Å². The maximum absolute atomic E-state index is 13.2. The van der Waals surface area contributed by atoms with Gasteiger partial charge in [-0.2, -0.15) is 0 Å². The summed E-state index contributed by atoms with van der Waals surface area (Å²) in [5.41, 5.74) is 0.677. The summed E-state index contributed by atoms with van der Waals surface area (Å²) >= 11 is 0. The van der Waals surface area contributed by atoms with Gasteiger partial charge in [0.1, 0.15) is 5.75 Å². The van der Waals surface area contributed by atoms with Gasteiger partial charge in [0.2, 0.25) is 15.0 Å². The number of piperidine rings is 1. The summed E-state index contributed by atoms with van der Waals surface area (Å²) in [6.45, 7) is 1.72. The number of rotatable bonds is 5. The van der Waals surface area contributed by atoms with Gasteiger partial charge < -0.3 is 9.64 Å². The molecule has 0 saturated carbocycles. The van der Waals surface area contributed by atoms with Crippen molar-refractivity contribution in [3.63, 3.8) is 0 Å². The number of ether oxygens (including phenoxy) is 1. The molecule has 29 heavy (non-hydrogen) atoms. The minimum atomic E-state index is -3.56. The Hall–Kier alpha value is -2.87. The van der Waals surface area contributed by atoms with Gasteiger partial charge in [0, 0.05) is 31.5 Å². The highest BCUT2D eigenvalue weighted by atomic mass is 32.2. The maximum Gasteiger partial charge on any atom is 0.274 e. The van der Waals surface area contributed by atoms with Gasteiger partial charge in [-0.3, -0.25) is 9.20 Å². The van der Waals surface area contributed by atoms with Gasteiger partial charge in [-0.1, -0.05) is 24.3 Å². The highest BCUT2D eigenvalue weighted by molar-refractivity contribution is 7.90. The molecule has 1 aromatic carbocycles. The molecule has 1 unspecified atom stereocenters. The van der Waals surface area contributed by atoms with E-state index in [-0.39, 0.29) is 22.7 Å². The van der Waals surface area contributed by atoms with Crippen LogP contribution in [0.2, 0.25) is 0 Å². The van der Waals surface area contributed by atoms with Crippen LogP contribution in [0, 0.1) is 5.92 Å². The van der Waals surface area contributed by atoms with Gasteiger partial charge in [0.15, 0.2) is 5.69 Å². The van der Waals surface area contributed by atoms with Crippen LogP contribution in [0.3, 0.4) is 0 Å². The van der Waals surface area contributed by atoms with Gasteiger partial charge in [0.25, 0.3) is 5.91 Å². The van der Waals surface area contributed by atoms with E-state index in [1.54, 1.807) is 29.3 Å². The number of hydrogen-bond acceptors (Lipinski definition) is 5. The van der Waals surface area contributed by atoms with Crippen molar-refractivity contribution in [3.8, 4) is 5.75 Å². The average molecular weight is 413 g/mol. The van der Waals surface area contributed by atoms with Crippen molar-refractivity contribution >= 4 is 21.3 Å². The van der Waals surface area contributed by atoms with Gasteiger partial charge in [-0.05, 0) is 37.1 Å². The first-order chi connectivity index (χ1) is 13.9. The van der Waals surface area contributed by atoms with Crippen LogP contribution in [0.5, 0.6) is 5.75 Å². The highest BCUT2D eigenvalue weighted by Gasteiger charge is 2.29. The Morgan fingerprint density at radius 2 is 1.93 bits per heavy atom. The van der Waals surface area contributed by atoms with Crippen LogP contribution < -0.4 is 4.74 Å². The molecule has 152 valence electrons. The third-order valence-electron chi connectivity index (χ3n) is 5.09. The predicted octanol–water partition coefficient (Wildman–Crippen LogP) is 2.67. The third-order valence-corrected chi connectivity index (χ3v) is 6.04. The Balaban J connectivity index is 1.53. The van der Waals surface area contributed by atoms with Gasteiger partial charge in [0.05, 0.1) is 12.1 Å². The number of fused-ring (bicyclic) bond motifs is 1. The number of nitrogens with zero attached hydrogens (tertiary/aromatic N) is 3. The minimum absolute atomic E-state index is 0.113. The van der Waals surface area contributed by atoms with Crippen LogP contribution in [0.1, 0.15) is 23.3 Å². The van der Waals surface area contributed by atoms with Crippen molar-refractivity contribution in [1.82, 2.24) is 14.3 Å². The molecule has 3 aromatic rings. The summed E-state index contributed by atoms with van der Waals surface area (Å²) in [7, 11) is -3.56. The Kier molecular flexibility index (Phi) is 5.27. The van der Waals surface area contributed by atoms with E-state index in [9.17, 15) is 13.2 Å². The van der Waals surface area contributed by atoms with E-state index >= 15 is 0 Å². The molecule has 0 N–H and O–H groups in total. The summed E-state index contributed by atoms with van der Waals surface area (Å²) in [5.74, 6) is 0.790. The second kappa shape index (κ2) is 7.87. The van der Waals surface area contributed by atoms with E-state index in [1.807, 2.05) is 30.3 Å². The molecule has 3 heterocycles. The number of hydrogen-bond donors (Lipinski definition) is 0. The van der Waals surface area contributed by atoms with Crippen LogP contribution in [-0.2, 0) is 9.84 Å². The first-order valence-corrected chi connectivity index (χ1v) is 11.5. The molecule has 0 bridgehead atoms. The van der Waals surface area contributed by atoms with Gasteiger partial charge in [-0.25, -0.2) is 13.4 Å². The molecule has 8 heteroatoms. The van der Waals surface area contributed by atoms with E-state index in [0.717, 1.165) is 24.8 Å². The molecular weight excluding hydrogens is 390 g/mol. The first-order valence-electron chi connectivity index (χ1n) is 9.58. The fourth-order valence-corrected chi connectivity index (χ4v) is 4.47. The number of aromatic nitrogens is 2. The number of carbonyl (C=O) groups excluding carboxylic acids is 1. The number of imidazole rings is 1. The summed E-state index contributed by atoms with van der Waals surface area (Å²) in [6.07, 6.45) is 4.57. The molecule has 0 radical (unpaired) electrons. The standard InChI is InChI=1S/C21H23N3O4S/c1-29(26,27)21-22-19(18-11-5-6-13-24(18)21)20(25)23-12-7-8-16(14-23)15-28-17-9-3-2-4-10-17/h2-6,9-11,13,16H,7-8,12,14-15H2,1H3. The predicted molar refractivity (Wildman–Crippen MR) is 109 cm³/mol. The van der Waals surface area contributed by atoms with E-state index in [1.165, 1.54) is 4.40 Å². The maximum atomic E-state index is 13.2. The molecule has 0 spiro atoms. The van der Waals surface area contributed by atoms with Crippen LogP contribution in [0.4, 0.5) is 0 Å². The smallest absolute Gasteiger partial charge is 0.274 e. The Morgan fingerprint density at radius 1 is 1.17 bits per heavy atom. The fraction of sp³-hybridized carbons (Fsp3) is 0.333. The number of carbonyl (C=O) groups is 1. The summed E-state index contributed by atoms with van der Waals surface area (Å²) < 4.78 is 31.5. The summed E-state index contributed by atoms with van der Waals surface area (Å²) in [5, 5.41) is -0.113. The number of likely N-dealkylation sites (tertiary alicyclic amines) is 1. The molecule has 2 aromatic heterocycles. The lowest BCUT2D eigenvalue weighted by Gasteiger charge is -2.32. The zero-order chi connectivity index (χ0) is 20.4. The summed E-state index contributed by atoms with van der Waals surface area (Å²) in [6, 6.07) is 14.8. The van der Waals surface area contributed by atoms with E-state index in [4.69, 9.17) is 4.74 Å². The SMILES string of the molecule is CS(=O)(=O)c1nc(C(=O)N2CCCC(COc3ccccc3)C2)c2ccccn12. The molecule has 1 saturated heterocycles. The molecule has 7 nitrogen and oxygen atoms in total. The first kappa shape index (κ1) is 19.4. The topological polar surface area (TPSA) is 81.0 Å². The quantitative estimate of drug-likeness (QED) is 0.642. The number of sulfone groups is 1. The molecule has 1 fully saturated rings. The average Bonchev–Trinajstić information content (AvgIpc) is 3.13. The number of para-hydroxylation sites is 1. The van der Waals surface area contributed by atoms with Crippen molar-refractivity contribution in [2.75, 3.05) is 26.0 Å². The fourth-order valence-electron chi connectivity index (χ4n) is 3.69. The number of amides is 1. The van der Waals surface area contributed by atoms with Crippen molar-refractivity contribution < 1.29 is 17.9 Å². The zero-order valence-electron chi connectivity index (χ0n) is 16.2. The Bertz CT molecular complexity index is 1130. The van der Waals surface area contributed by atoms with Gasteiger partial charge >= 0.3 is 0 Å². The lowest BCUT2D eigenvalue weighted by molar-refractivity contribution is 0.0629.